The first kappa shape index (κ1) is 22.2. The molecule has 0 radical (unpaired) electrons. The number of aromatic hydroxyl groups is 1. The highest BCUT2D eigenvalue weighted by atomic mass is 16.3. The summed E-state index contributed by atoms with van der Waals surface area (Å²) in [6.07, 6.45) is 4.53. The summed E-state index contributed by atoms with van der Waals surface area (Å²) in [5.41, 5.74) is 4.91. The Morgan fingerprint density at radius 3 is 2.71 bits per heavy atom. The number of phenols is 1. The zero-order valence-corrected chi connectivity index (χ0v) is 17.5. The molecule has 0 saturated carbocycles. The molecule has 1 fully saturated rings. The summed E-state index contributed by atoms with van der Waals surface area (Å²) >= 11 is 0. The van der Waals surface area contributed by atoms with Gasteiger partial charge in [-0.05, 0) is 30.0 Å². The van der Waals surface area contributed by atoms with Crippen LogP contribution in [0.15, 0.2) is 66.3 Å². The molecule has 1 aliphatic heterocycles. The highest BCUT2D eigenvalue weighted by molar-refractivity contribution is 5.88. The van der Waals surface area contributed by atoms with Gasteiger partial charge in [0.25, 0.3) is 5.91 Å². The van der Waals surface area contributed by atoms with Crippen molar-refractivity contribution in [1.29, 1.82) is 0 Å². The Morgan fingerprint density at radius 1 is 1.16 bits per heavy atom. The number of benzene rings is 2. The van der Waals surface area contributed by atoms with E-state index in [1.807, 2.05) is 18.2 Å². The highest BCUT2D eigenvalue weighted by Crippen LogP contribution is 2.21. The first-order valence-electron chi connectivity index (χ1n) is 10.3. The van der Waals surface area contributed by atoms with Crippen molar-refractivity contribution in [3.63, 3.8) is 0 Å². The van der Waals surface area contributed by atoms with Crippen LogP contribution in [0.25, 0.3) is 0 Å². The van der Waals surface area contributed by atoms with E-state index < -0.39 is 0 Å². The Morgan fingerprint density at radius 2 is 1.97 bits per heavy atom. The molecule has 0 bridgehead atoms. The van der Waals surface area contributed by atoms with E-state index in [0.717, 1.165) is 25.1 Å². The second kappa shape index (κ2) is 11.1. The summed E-state index contributed by atoms with van der Waals surface area (Å²) < 4.78 is 0. The summed E-state index contributed by atoms with van der Waals surface area (Å²) in [6, 6.07) is 15.5. The second-order valence-corrected chi connectivity index (χ2v) is 7.47. The monoisotopic (exact) mass is 420 g/mol. The van der Waals surface area contributed by atoms with Crippen LogP contribution in [0, 0.1) is 0 Å². The SMILES string of the molecule is C=CCc1cccc(/C=N/NC(=O)CN2CCN(CCc3ccccc3)CC2=O)c1O. The Labute approximate surface area is 182 Å². The molecular weight excluding hydrogens is 392 g/mol. The van der Waals surface area contributed by atoms with Crippen molar-refractivity contribution in [1.82, 2.24) is 15.2 Å². The molecule has 1 saturated heterocycles. The molecule has 3 rings (SSSR count). The van der Waals surface area contributed by atoms with Crippen molar-refractivity contribution in [2.24, 2.45) is 5.10 Å². The third kappa shape index (κ3) is 6.52. The average molecular weight is 421 g/mol. The van der Waals surface area contributed by atoms with Gasteiger partial charge in [-0.2, -0.15) is 5.10 Å². The number of nitrogens with one attached hydrogen (secondary N) is 1. The number of allylic oxidation sites excluding steroid dienone is 1. The number of piperazine rings is 1. The molecule has 31 heavy (non-hydrogen) atoms. The third-order valence-electron chi connectivity index (χ3n) is 5.20. The maximum Gasteiger partial charge on any atom is 0.259 e. The van der Waals surface area contributed by atoms with Gasteiger partial charge in [-0.25, -0.2) is 5.43 Å². The Balaban J connectivity index is 1.44. The molecule has 7 heteroatoms. The van der Waals surface area contributed by atoms with Gasteiger partial charge in [0.2, 0.25) is 5.91 Å². The highest BCUT2D eigenvalue weighted by Gasteiger charge is 2.25. The molecular formula is C24H28N4O3. The molecule has 2 N–H and O–H groups in total. The molecule has 2 aromatic carbocycles. The summed E-state index contributed by atoms with van der Waals surface area (Å²) in [7, 11) is 0. The van der Waals surface area contributed by atoms with E-state index in [2.05, 4.69) is 34.1 Å². The van der Waals surface area contributed by atoms with Gasteiger partial charge in [0.1, 0.15) is 12.3 Å². The van der Waals surface area contributed by atoms with Crippen molar-refractivity contribution < 1.29 is 14.7 Å². The molecule has 2 amide bonds. The maximum absolute atomic E-state index is 12.4. The summed E-state index contributed by atoms with van der Waals surface area (Å²) in [5, 5.41) is 14.1. The molecule has 2 aromatic rings. The van der Waals surface area contributed by atoms with Crippen molar-refractivity contribution >= 4 is 18.0 Å². The predicted octanol–water partition coefficient (Wildman–Crippen LogP) is 1.96. The number of nitrogens with zero attached hydrogens (tertiary/aromatic N) is 3. The lowest BCUT2D eigenvalue weighted by molar-refractivity contribution is -0.140. The van der Waals surface area contributed by atoms with Crippen LogP contribution in [0.2, 0.25) is 0 Å². The molecule has 162 valence electrons. The van der Waals surface area contributed by atoms with Crippen LogP contribution >= 0.6 is 0 Å². The normalized spacial score (nSPS) is 14.7. The topological polar surface area (TPSA) is 85.2 Å². The largest absolute Gasteiger partial charge is 0.507 e. The second-order valence-electron chi connectivity index (χ2n) is 7.47. The fraction of sp³-hybridized carbons (Fsp3) is 0.292. The molecule has 0 unspecified atom stereocenters. The number of carbonyl (C=O) groups is 2. The summed E-state index contributed by atoms with van der Waals surface area (Å²) in [5.74, 6) is -0.320. The minimum absolute atomic E-state index is 0.0365. The van der Waals surface area contributed by atoms with E-state index in [-0.39, 0.29) is 24.1 Å². The third-order valence-corrected chi connectivity index (χ3v) is 5.20. The van der Waals surface area contributed by atoms with E-state index in [9.17, 15) is 14.7 Å². The Bertz CT molecular complexity index is 943. The van der Waals surface area contributed by atoms with Crippen molar-refractivity contribution in [3.8, 4) is 5.75 Å². The fourth-order valence-electron chi connectivity index (χ4n) is 3.47. The Hall–Kier alpha value is -3.45. The number of amides is 2. The summed E-state index contributed by atoms with van der Waals surface area (Å²) in [4.78, 5) is 28.3. The van der Waals surface area contributed by atoms with Gasteiger partial charge in [0, 0.05) is 25.2 Å². The molecule has 0 aliphatic carbocycles. The standard InChI is InChI=1S/C24H28N4O3/c1-2-7-20-10-6-11-21(24(20)31)16-25-26-22(29)17-28-15-14-27(18-23(28)30)13-12-19-8-4-3-5-9-19/h2-6,8-11,16,31H,1,7,12-15,17-18H2,(H,26,29)/b25-16+. The first-order valence-corrected chi connectivity index (χ1v) is 10.3. The number of hydrogen-bond donors (Lipinski definition) is 2. The zero-order chi connectivity index (χ0) is 22.1. The fourth-order valence-corrected chi connectivity index (χ4v) is 3.47. The van der Waals surface area contributed by atoms with E-state index in [4.69, 9.17) is 0 Å². The minimum atomic E-state index is -0.371. The van der Waals surface area contributed by atoms with Gasteiger partial charge in [-0.1, -0.05) is 48.5 Å². The van der Waals surface area contributed by atoms with E-state index in [1.165, 1.54) is 11.8 Å². The van der Waals surface area contributed by atoms with Crippen LogP contribution in [0.1, 0.15) is 16.7 Å². The summed E-state index contributed by atoms with van der Waals surface area (Å²) in [6.45, 7) is 6.00. The number of hydrogen-bond acceptors (Lipinski definition) is 5. The van der Waals surface area contributed by atoms with Gasteiger partial charge < -0.3 is 10.0 Å². The smallest absolute Gasteiger partial charge is 0.259 e. The van der Waals surface area contributed by atoms with Gasteiger partial charge in [-0.15, -0.1) is 6.58 Å². The number of carbonyl (C=O) groups excluding carboxylic acids is 2. The number of para-hydroxylation sites is 1. The van der Waals surface area contributed by atoms with Gasteiger partial charge in [-0.3, -0.25) is 14.5 Å². The van der Waals surface area contributed by atoms with Crippen LogP contribution < -0.4 is 5.43 Å². The molecule has 7 nitrogen and oxygen atoms in total. The van der Waals surface area contributed by atoms with E-state index >= 15 is 0 Å². The lowest BCUT2D eigenvalue weighted by atomic mass is 10.1. The Kier molecular flexibility index (Phi) is 7.95. The van der Waals surface area contributed by atoms with Crippen molar-refractivity contribution in [2.45, 2.75) is 12.8 Å². The average Bonchev–Trinajstić information content (AvgIpc) is 2.77. The van der Waals surface area contributed by atoms with Crippen LogP contribution in [-0.4, -0.2) is 65.7 Å². The van der Waals surface area contributed by atoms with Gasteiger partial charge in [0.15, 0.2) is 0 Å². The zero-order valence-electron chi connectivity index (χ0n) is 17.5. The molecule has 0 aromatic heterocycles. The predicted molar refractivity (Wildman–Crippen MR) is 121 cm³/mol. The lowest BCUT2D eigenvalue weighted by Gasteiger charge is -2.33. The van der Waals surface area contributed by atoms with Crippen molar-refractivity contribution in [3.05, 3.63) is 77.9 Å². The minimum Gasteiger partial charge on any atom is -0.507 e. The number of rotatable bonds is 9. The van der Waals surface area contributed by atoms with Gasteiger partial charge >= 0.3 is 0 Å². The van der Waals surface area contributed by atoms with E-state index in [0.29, 0.717) is 25.1 Å². The van der Waals surface area contributed by atoms with Crippen LogP contribution in [-0.2, 0) is 22.4 Å². The number of hydrazone groups is 1. The van der Waals surface area contributed by atoms with Crippen molar-refractivity contribution in [2.75, 3.05) is 32.7 Å². The molecule has 1 heterocycles. The molecule has 1 aliphatic rings. The first-order chi connectivity index (χ1) is 15.1. The van der Waals surface area contributed by atoms with E-state index in [1.54, 1.807) is 29.2 Å². The van der Waals surface area contributed by atoms with Crippen LogP contribution in [0.3, 0.4) is 0 Å². The quantitative estimate of drug-likeness (QED) is 0.369. The lowest BCUT2D eigenvalue weighted by Crippen LogP contribution is -2.53. The molecule has 0 spiro atoms. The molecule has 0 atom stereocenters. The van der Waals surface area contributed by atoms with Crippen LogP contribution in [0.5, 0.6) is 5.75 Å². The van der Waals surface area contributed by atoms with Crippen LogP contribution in [0.4, 0.5) is 0 Å². The van der Waals surface area contributed by atoms with Gasteiger partial charge in [0.05, 0.1) is 12.8 Å². The number of phenolic OH excluding ortho intramolecular Hbond substituents is 1. The maximum atomic E-state index is 12.4.